The van der Waals surface area contributed by atoms with Crippen molar-refractivity contribution in [1.29, 1.82) is 0 Å². The van der Waals surface area contributed by atoms with Crippen molar-refractivity contribution >= 4 is 33.9 Å². The summed E-state index contributed by atoms with van der Waals surface area (Å²) < 4.78 is 0. The third-order valence-electron chi connectivity index (χ3n) is 3.52. The van der Waals surface area contributed by atoms with Crippen molar-refractivity contribution in [3.05, 3.63) is 0 Å². The lowest BCUT2D eigenvalue weighted by Crippen LogP contribution is -2.42. The highest BCUT2D eigenvalue weighted by Crippen LogP contribution is 2.12. The van der Waals surface area contributed by atoms with Gasteiger partial charge >= 0.3 is 0 Å². The number of aliphatic imine (C=N–C) groups is 1. The number of hydrogen-bond acceptors (Lipinski definition) is 5. The molecule has 0 fully saturated rings. The van der Waals surface area contributed by atoms with Crippen molar-refractivity contribution in [3.63, 3.8) is 0 Å². The molecule has 0 aromatic heterocycles. The van der Waals surface area contributed by atoms with Crippen LogP contribution in [0, 0.1) is 0 Å². The first-order valence-corrected chi connectivity index (χ1v) is 9.09. The summed E-state index contributed by atoms with van der Waals surface area (Å²) in [7, 11) is 0. The number of β-amino-alcohol motifs (C(OH)–C–C–N with tert-alkyl or cyclic N) is 1. The Kier molecular flexibility index (Phi) is 15.3. The van der Waals surface area contributed by atoms with Crippen molar-refractivity contribution in [2.45, 2.75) is 58.3 Å². The summed E-state index contributed by atoms with van der Waals surface area (Å²) >= 11 is 1.84. The second kappa shape index (κ2) is 15.1. The number of aliphatic hydroxyl groups is 1. The SMILES string of the molecule is Br.CCCCCCCCCCSC1=NCN(CCO)CN1. The summed E-state index contributed by atoms with van der Waals surface area (Å²) in [5.41, 5.74) is 0. The van der Waals surface area contributed by atoms with Crippen LogP contribution in [0.15, 0.2) is 4.99 Å². The molecule has 0 bridgehead atoms. The fourth-order valence-electron chi connectivity index (χ4n) is 2.24. The molecule has 1 aliphatic rings. The van der Waals surface area contributed by atoms with E-state index in [0.29, 0.717) is 13.2 Å². The van der Waals surface area contributed by atoms with E-state index in [1.807, 2.05) is 11.8 Å². The van der Waals surface area contributed by atoms with Crippen molar-refractivity contribution in [1.82, 2.24) is 10.2 Å². The molecular weight excluding hydrogens is 350 g/mol. The van der Waals surface area contributed by atoms with Crippen LogP contribution in [0.1, 0.15) is 58.3 Å². The van der Waals surface area contributed by atoms with E-state index in [1.165, 1.54) is 57.1 Å². The lowest BCUT2D eigenvalue weighted by Gasteiger charge is -2.25. The molecule has 0 aromatic rings. The van der Waals surface area contributed by atoms with Gasteiger partial charge in [0.15, 0.2) is 5.17 Å². The standard InChI is InChI=1S/C15H31N3OS.BrH/c1-2-3-4-5-6-7-8-9-12-20-15-16-13-18(10-11-19)14-17-15;/h19H,2-14H2,1H3,(H,16,17);1H. The van der Waals surface area contributed by atoms with Gasteiger partial charge in [0.2, 0.25) is 0 Å². The molecule has 1 heterocycles. The normalized spacial score (nSPS) is 15.2. The number of unbranched alkanes of at least 4 members (excludes halogenated alkanes) is 7. The molecule has 0 spiro atoms. The summed E-state index contributed by atoms with van der Waals surface area (Å²) in [4.78, 5) is 6.58. The number of amidine groups is 1. The van der Waals surface area contributed by atoms with Crippen LogP contribution in [-0.4, -0.2) is 47.4 Å². The molecule has 1 rings (SSSR count). The number of aliphatic hydroxyl groups excluding tert-OH is 1. The molecule has 0 amide bonds. The Morgan fingerprint density at radius 3 is 2.38 bits per heavy atom. The Bertz CT molecular complexity index is 267. The van der Waals surface area contributed by atoms with Gasteiger partial charge in [-0.25, -0.2) is 4.99 Å². The van der Waals surface area contributed by atoms with Crippen molar-refractivity contribution in [2.24, 2.45) is 4.99 Å². The molecule has 0 saturated heterocycles. The lowest BCUT2D eigenvalue weighted by atomic mass is 10.1. The van der Waals surface area contributed by atoms with E-state index in [2.05, 4.69) is 22.1 Å². The quantitative estimate of drug-likeness (QED) is 0.536. The maximum absolute atomic E-state index is 8.85. The molecule has 0 aromatic carbocycles. The van der Waals surface area contributed by atoms with Crippen LogP contribution in [0.4, 0.5) is 0 Å². The van der Waals surface area contributed by atoms with Crippen LogP contribution in [0.5, 0.6) is 0 Å². The minimum atomic E-state index is 0. The predicted molar refractivity (Wildman–Crippen MR) is 99.5 cm³/mol. The molecule has 4 nitrogen and oxygen atoms in total. The summed E-state index contributed by atoms with van der Waals surface area (Å²) in [6.45, 7) is 4.70. The van der Waals surface area contributed by atoms with Crippen LogP contribution in [-0.2, 0) is 0 Å². The zero-order valence-electron chi connectivity index (χ0n) is 13.4. The first kappa shape index (κ1) is 21.2. The number of nitrogens with one attached hydrogen (secondary N) is 1. The fraction of sp³-hybridized carbons (Fsp3) is 0.933. The zero-order chi connectivity index (χ0) is 14.5. The third kappa shape index (κ3) is 11.4. The molecule has 21 heavy (non-hydrogen) atoms. The van der Waals surface area contributed by atoms with Crippen LogP contribution < -0.4 is 5.32 Å². The Morgan fingerprint density at radius 2 is 1.81 bits per heavy atom. The first-order chi connectivity index (χ1) is 9.86. The number of rotatable bonds is 11. The number of nitrogens with zero attached hydrogens (tertiary/aromatic N) is 2. The number of hydrogen-bond donors (Lipinski definition) is 2. The summed E-state index contributed by atoms with van der Waals surface area (Å²) in [5.74, 6) is 1.17. The smallest absolute Gasteiger partial charge is 0.158 e. The highest BCUT2D eigenvalue weighted by molar-refractivity contribution is 8.93. The highest BCUT2D eigenvalue weighted by Gasteiger charge is 2.10. The van der Waals surface area contributed by atoms with Crippen LogP contribution in [0.2, 0.25) is 0 Å². The van der Waals surface area contributed by atoms with Gasteiger partial charge in [0.05, 0.1) is 19.9 Å². The second-order valence-corrected chi connectivity index (χ2v) is 6.46. The topological polar surface area (TPSA) is 47.9 Å². The van der Waals surface area contributed by atoms with E-state index < -0.39 is 0 Å². The fourth-order valence-corrected chi connectivity index (χ4v) is 3.10. The maximum Gasteiger partial charge on any atom is 0.158 e. The van der Waals surface area contributed by atoms with E-state index in [1.54, 1.807) is 0 Å². The van der Waals surface area contributed by atoms with Gasteiger partial charge < -0.3 is 10.4 Å². The first-order valence-electron chi connectivity index (χ1n) is 8.11. The van der Waals surface area contributed by atoms with Crippen molar-refractivity contribution in [2.75, 3.05) is 32.2 Å². The average molecular weight is 382 g/mol. The molecule has 0 radical (unpaired) electrons. The maximum atomic E-state index is 8.85. The molecular formula is C15H32BrN3OS. The van der Waals surface area contributed by atoms with E-state index >= 15 is 0 Å². The molecule has 0 aliphatic carbocycles. The van der Waals surface area contributed by atoms with Gasteiger partial charge in [-0.05, 0) is 6.42 Å². The molecule has 6 heteroatoms. The summed E-state index contributed by atoms with van der Waals surface area (Å²) in [5, 5.41) is 13.2. The summed E-state index contributed by atoms with van der Waals surface area (Å²) in [6.07, 6.45) is 11.0. The van der Waals surface area contributed by atoms with Gasteiger partial charge in [0.1, 0.15) is 0 Å². The van der Waals surface area contributed by atoms with Gasteiger partial charge in [-0.15, -0.1) is 17.0 Å². The predicted octanol–water partition coefficient (Wildman–Crippen LogP) is 3.61. The molecule has 2 N–H and O–H groups in total. The van der Waals surface area contributed by atoms with Gasteiger partial charge in [-0.3, -0.25) is 4.90 Å². The van der Waals surface area contributed by atoms with Crippen LogP contribution in [0.3, 0.4) is 0 Å². The minimum Gasteiger partial charge on any atom is -0.395 e. The molecule has 126 valence electrons. The van der Waals surface area contributed by atoms with Gasteiger partial charge in [0, 0.05) is 12.3 Å². The number of halogens is 1. The largest absolute Gasteiger partial charge is 0.395 e. The summed E-state index contributed by atoms with van der Waals surface area (Å²) in [6, 6.07) is 0. The Morgan fingerprint density at radius 1 is 1.14 bits per heavy atom. The second-order valence-electron chi connectivity index (χ2n) is 5.38. The Labute approximate surface area is 144 Å². The third-order valence-corrected chi connectivity index (χ3v) is 4.56. The van der Waals surface area contributed by atoms with E-state index in [9.17, 15) is 0 Å². The van der Waals surface area contributed by atoms with Gasteiger partial charge in [0.25, 0.3) is 0 Å². The van der Waals surface area contributed by atoms with Gasteiger partial charge in [-0.1, -0.05) is 63.6 Å². The van der Waals surface area contributed by atoms with Crippen molar-refractivity contribution < 1.29 is 5.11 Å². The Balaban J connectivity index is 0.00000400. The van der Waals surface area contributed by atoms with E-state index in [4.69, 9.17) is 5.11 Å². The van der Waals surface area contributed by atoms with Crippen LogP contribution >= 0.6 is 28.7 Å². The highest BCUT2D eigenvalue weighted by atomic mass is 79.9. The Hall–Kier alpha value is 0.220. The number of thioether (sulfide) groups is 1. The van der Waals surface area contributed by atoms with E-state index in [-0.39, 0.29) is 23.6 Å². The molecule has 1 aliphatic heterocycles. The van der Waals surface area contributed by atoms with E-state index in [0.717, 1.165) is 11.8 Å². The zero-order valence-corrected chi connectivity index (χ0v) is 15.9. The van der Waals surface area contributed by atoms with Crippen LogP contribution in [0.25, 0.3) is 0 Å². The molecule has 0 unspecified atom stereocenters. The van der Waals surface area contributed by atoms with Gasteiger partial charge in [-0.2, -0.15) is 0 Å². The average Bonchev–Trinajstić information content (AvgIpc) is 2.47. The molecule has 0 saturated carbocycles. The molecule has 0 atom stereocenters. The monoisotopic (exact) mass is 381 g/mol. The minimum absolute atomic E-state index is 0. The lowest BCUT2D eigenvalue weighted by molar-refractivity contribution is 0.192. The van der Waals surface area contributed by atoms with Crippen molar-refractivity contribution in [3.8, 4) is 0 Å².